The molecule has 3 N–H and O–H groups in total. The topological polar surface area (TPSA) is 85.4 Å². The van der Waals surface area contributed by atoms with Crippen LogP contribution in [0.2, 0.25) is 0 Å². The number of H-pyrrole nitrogens is 1. The van der Waals surface area contributed by atoms with Gasteiger partial charge >= 0.3 is 0 Å². The molecule has 6 heteroatoms. The van der Waals surface area contributed by atoms with Crippen LogP contribution in [0.25, 0.3) is 17.1 Å². The summed E-state index contributed by atoms with van der Waals surface area (Å²) in [5.41, 5.74) is 9.33. The van der Waals surface area contributed by atoms with Crippen LogP contribution in [0.1, 0.15) is 5.56 Å². The Labute approximate surface area is 103 Å². The number of nitrogen functional groups attached to an aromatic ring is 1. The summed E-state index contributed by atoms with van der Waals surface area (Å²) in [5.74, 6) is 0.610. The lowest BCUT2D eigenvalue weighted by molar-refractivity contribution is 0.889. The van der Waals surface area contributed by atoms with Crippen LogP contribution in [0.3, 0.4) is 0 Å². The first-order chi connectivity index (χ1) is 8.77. The van der Waals surface area contributed by atoms with E-state index >= 15 is 0 Å². The van der Waals surface area contributed by atoms with Crippen LogP contribution in [0, 0.1) is 6.92 Å². The van der Waals surface area contributed by atoms with Crippen molar-refractivity contribution in [2.24, 2.45) is 0 Å². The minimum Gasteiger partial charge on any atom is -0.383 e. The standard InChI is InChI=1S/C12H12N6/c1-8-11(10-7-14-17-15-10)16-18(12(8)13)9-5-3-2-4-6-9/h2-7H,13H2,1H3,(H,14,15,17). The number of aromatic amines is 1. The van der Waals surface area contributed by atoms with Crippen molar-refractivity contribution < 1.29 is 0 Å². The van der Waals surface area contributed by atoms with Gasteiger partial charge in [-0.25, -0.2) is 4.68 Å². The second-order valence-electron chi connectivity index (χ2n) is 3.96. The summed E-state index contributed by atoms with van der Waals surface area (Å²) in [6, 6.07) is 9.75. The predicted octanol–water partition coefficient (Wildman–Crippen LogP) is 1.55. The second-order valence-corrected chi connectivity index (χ2v) is 3.96. The Morgan fingerprint density at radius 2 is 2.00 bits per heavy atom. The van der Waals surface area contributed by atoms with E-state index in [1.165, 1.54) is 0 Å². The van der Waals surface area contributed by atoms with E-state index in [0.29, 0.717) is 11.5 Å². The van der Waals surface area contributed by atoms with E-state index in [2.05, 4.69) is 20.5 Å². The molecule has 6 nitrogen and oxygen atoms in total. The number of benzene rings is 1. The molecule has 0 saturated heterocycles. The van der Waals surface area contributed by atoms with Gasteiger partial charge in [0.15, 0.2) is 0 Å². The summed E-state index contributed by atoms with van der Waals surface area (Å²) in [5, 5.41) is 14.9. The first-order valence-corrected chi connectivity index (χ1v) is 5.54. The largest absolute Gasteiger partial charge is 0.383 e. The third-order valence-corrected chi connectivity index (χ3v) is 2.83. The van der Waals surface area contributed by atoms with E-state index in [0.717, 1.165) is 16.9 Å². The number of hydrogen-bond donors (Lipinski definition) is 2. The first kappa shape index (κ1) is 10.5. The summed E-state index contributed by atoms with van der Waals surface area (Å²) in [6.45, 7) is 1.92. The number of nitrogens with one attached hydrogen (secondary N) is 1. The molecular formula is C12H12N6. The summed E-state index contributed by atoms with van der Waals surface area (Å²) >= 11 is 0. The highest BCUT2D eigenvalue weighted by atomic mass is 15.4. The Kier molecular flexibility index (Phi) is 2.33. The number of para-hydroxylation sites is 1. The van der Waals surface area contributed by atoms with Gasteiger partial charge in [0.1, 0.15) is 17.2 Å². The molecule has 0 atom stereocenters. The van der Waals surface area contributed by atoms with E-state index in [9.17, 15) is 0 Å². The van der Waals surface area contributed by atoms with Crippen LogP contribution < -0.4 is 5.73 Å². The molecule has 0 amide bonds. The van der Waals surface area contributed by atoms with Gasteiger partial charge in [0.25, 0.3) is 0 Å². The maximum atomic E-state index is 6.08. The third-order valence-electron chi connectivity index (χ3n) is 2.83. The monoisotopic (exact) mass is 240 g/mol. The Morgan fingerprint density at radius 1 is 1.22 bits per heavy atom. The fourth-order valence-electron chi connectivity index (χ4n) is 1.83. The number of rotatable bonds is 2. The fourth-order valence-corrected chi connectivity index (χ4v) is 1.83. The van der Waals surface area contributed by atoms with Gasteiger partial charge in [-0.3, -0.25) is 0 Å². The Balaban J connectivity index is 2.16. The predicted molar refractivity (Wildman–Crippen MR) is 68.1 cm³/mol. The van der Waals surface area contributed by atoms with E-state index < -0.39 is 0 Å². The van der Waals surface area contributed by atoms with Gasteiger partial charge in [-0.15, -0.1) is 0 Å². The van der Waals surface area contributed by atoms with Gasteiger partial charge in [0.2, 0.25) is 0 Å². The van der Waals surface area contributed by atoms with Crippen LogP contribution in [0.5, 0.6) is 0 Å². The van der Waals surface area contributed by atoms with E-state index in [-0.39, 0.29) is 0 Å². The Bertz CT molecular complexity index is 653. The van der Waals surface area contributed by atoms with Crippen LogP contribution in [-0.2, 0) is 0 Å². The molecule has 0 aliphatic rings. The number of aromatic nitrogens is 5. The van der Waals surface area contributed by atoms with Crippen molar-refractivity contribution in [2.75, 3.05) is 5.73 Å². The number of nitrogens with zero attached hydrogens (tertiary/aromatic N) is 4. The van der Waals surface area contributed by atoms with Gasteiger partial charge in [-0.1, -0.05) is 18.2 Å². The van der Waals surface area contributed by atoms with Gasteiger partial charge < -0.3 is 5.73 Å². The van der Waals surface area contributed by atoms with Crippen molar-refractivity contribution in [3.8, 4) is 17.1 Å². The number of nitrogens with two attached hydrogens (primary N) is 1. The fraction of sp³-hybridized carbons (Fsp3) is 0.0833. The summed E-state index contributed by atoms with van der Waals surface area (Å²) in [6.07, 6.45) is 1.63. The van der Waals surface area contributed by atoms with Crippen molar-refractivity contribution in [2.45, 2.75) is 6.92 Å². The average molecular weight is 240 g/mol. The number of anilines is 1. The van der Waals surface area contributed by atoms with Gasteiger partial charge in [0, 0.05) is 5.56 Å². The van der Waals surface area contributed by atoms with Crippen molar-refractivity contribution in [1.82, 2.24) is 25.2 Å². The maximum Gasteiger partial charge on any atom is 0.133 e. The molecule has 3 rings (SSSR count). The molecule has 0 unspecified atom stereocenters. The SMILES string of the molecule is Cc1c(-c2cn[nH]n2)nn(-c2ccccc2)c1N. The lowest BCUT2D eigenvalue weighted by Gasteiger charge is -2.02. The van der Waals surface area contributed by atoms with Gasteiger partial charge in [-0.2, -0.15) is 20.5 Å². The molecule has 0 spiro atoms. The zero-order valence-corrected chi connectivity index (χ0v) is 9.83. The molecule has 2 heterocycles. The Hall–Kier alpha value is -2.63. The smallest absolute Gasteiger partial charge is 0.133 e. The number of hydrogen-bond acceptors (Lipinski definition) is 4. The molecule has 0 fully saturated rings. The van der Waals surface area contributed by atoms with E-state index in [4.69, 9.17) is 5.73 Å². The molecule has 0 saturated carbocycles. The molecule has 0 bridgehead atoms. The molecular weight excluding hydrogens is 228 g/mol. The lowest BCUT2D eigenvalue weighted by Crippen LogP contribution is -2.01. The molecule has 1 aromatic carbocycles. The molecule has 0 aliphatic heterocycles. The highest BCUT2D eigenvalue weighted by molar-refractivity contribution is 5.65. The normalized spacial score (nSPS) is 10.7. The second kappa shape index (κ2) is 3.99. The first-order valence-electron chi connectivity index (χ1n) is 5.54. The summed E-state index contributed by atoms with van der Waals surface area (Å²) < 4.78 is 1.71. The van der Waals surface area contributed by atoms with Gasteiger partial charge in [0.05, 0.1) is 11.9 Å². The minimum atomic E-state index is 0.610. The quantitative estimate of drug-likeness (QED) is 0.711. The average Bonchev–Trinajstić information content (AvgIpc) is 3.01. The molecule has 3 aromatic rings. The Morgan fingerprint density at radius 3 is 2.67 bits per heavy atom. The third kappa shape index (κ3) is 1.55. The highest BCUT2D eigenvalue weighted by Crippen LogP contribution is 2.26. The molecule has 18 heavy (non-hydrogen) atoms. The van der Waals surface area contributed by atoms with E-state index in [1.54, 1.807) is 10.9 Å². The molecule has 0 aliphatic carbocycles. The highest BCUT2D eigenvalue weighted by Gasteiger charge is 2.16. The van der Waals surface area contributed by atoms with Crippen LogP contribution >= 0.6 is 0 Å². The van der Waals surface area contributed by atoms with Crippen molar-refractivity contribution >= 4 is 5.82 Å². The van der Waals surface area contributed by atoms with E-state index in [1.807, 2.05) is 37.3 Å². The molecule has 0 radical (unpaired) electrons. The summed E-state index contributed by atoms with van der Waals surface area (Å²) in [4.78, 5) is 0. The van der Waals surface area contributed by atoms with Crippen LogP contribution in [0.4, 0.5) is 5.82 Å². The van der Waals surface area contributed by atoms with Crippen LogP contribution in [0.15, 0.2) is 36.5 Å². The lowest BCUT2D eigenvalue weighted by atomic mass is 10.2. The zero-order valence-electron chi connectivity index (χ0n) is 9.83. The van der Waals surface area contributed by atoms with Crippen molar-refractivity contribution in [3.05, 3.63) is 42.1 Å². The summed E-state index contributed by atoms with van der Waals surface area (Å²) in [7, 11) is 0. The van der Waals surface area contributed by atoms with Crippen molar-refractivity contribution in [3.63, 3.8) is 0 Å². The van der Waals surface area contributed by atoms with Crippen molar-refractivity contribution in [1.29, 1.82) is 0 Å². The van der Waals surface area contributed by atoms with Gasteiger partial charge in [-0.05, 0) is 19.1 Å². The van der Waals surface area contributed by atoms with Crippen LogP contribution in [-0.4, -0.2) is 25.2 Å². The molecule has 2 aromatic heterocycles. The maximum absolute atomic E-state index is 6.08. The minimum absolute atomic E-state index is 0.610. The molecule has 90 valence electrons. The zero-order chi connectivity index (χ0) is 12.5.